The molecule has 9 heteroatoms. The highest BCUT2D eigenvalue weighted by atomic mass is 35.5. The molecule has 0 aromatic heterocycles. The molecule has 2 N–H and O–H groups in total. The van der Waals surface area contributed by atoms with E-state index in [4.69, 9.17) is 34.8 Å². The molecule has 0 radical (unpaired) electrons. The minimum Gasteiger partial charge on any atom is -0.324 e. The number of benzene rings is 2. The van der Waals surface area contributed by atoms with Gasteiger partial charge in [-0.15, -0.1) is 0 Å². The van der Waals surface area contributed by atoms with Crippen LogP contribution in [0.2, 0.25) is 15.1 Å². The van der Waals surface area contributed by atoms with Crippen molar-refractivity contribution < 1.29 is 13.2 Å². The van der Waals surface area contributed by atoms with Crippen LogP contribution in [0.3, 0.4) is 0 Å². The lowest BCUT2D eigenvalue weighted by atomic mass is 10.2. The van der Waals surface area contributed by atoms with Crippen molar-refractivity contribution in [3.05, 3.63) is 57.0 Å². The number of aryl methyl sites for hydroxylation is 1. The lowest BCUT2D eigenvalue weighted by Crippen LogP contribution is -2.41. The molecule has 0 aliphatic rings. The number of nitrogens with one attached hydrogen (secondary N) is 2. The highest BCUT2D eigenvalue weighted by molar-refractivity contribution is 7.89. The van der Waals surface area contributed by atoms with Crippen molar-refractivity contribution in [3.63, 3.8) is 0 Å². The van der Waals surface area contributed by atoms with Crippen molar-refractivity contribution in [1.82, 2.24) is 4.72 Å². The topological polar surface area (TPSA) is 75.3 Å². The molecule has 0 heterocycles. The zero-order chi connectivity index (χ0) is 18.8. The Morgan fingerprint density at radius 2 is 1.64 bits per heavy atom. The molecule has 134 valence electrons. The fraction of sp³-hybridized carbons (Fsp3) is 0.188. The quantitative estimate of drug-likeness (QED) is 0.757. The second-order valence-electron chi connectivity index (χ2n) is 5.37. The molecule has 0 aliphatic heterocycles. The van der Waals surface area contributed by atoms with Crippen LogP contribution in [0.4, 0.5) is 5.69 Å². The molecule has 0 spiro atoms. The van der Waals surface area contributed by atoms with Gasteiger partial charge in [-0.2, -0.15) is 4.72 Å². The van der Waals surface area contributed by atoms with Gasteiger partial charge in [-0.3, -0.25) is 4.79 Å². The maximum absolute atomic E-state index is 12.4. The Balaban J connectivity index is 2.16. The molecule has 0 aliphatic carbocycles. The summed E-state index contributed by atoms with van der Waals surface area (Å²) in [5.41, 5.74) is 1.30. The first-order chi connectivity index (χ1) is 11.6. The third kappa shape index (κ3) is 5.09. The van der Waals surface area contributed by atoms with Crippen LogP contribution >= 0.6 is 34.8 Å². The molecular formula is C16H15Cl3N2O3S. The molecule has 0 saturated heterocycles. The molecule has 5 nitrogen and oxygen atoms in total. The Kier molecular flexibility index (Phi) is 6.35. The van der Waals surface area contributed by atoms with Gasteiger partial charge in [0, 0.05) is 15.7 Å². The average molecular weight is 422 g/mol. The highest BCUT2D eigenvalue weighted by Crippen LogP contribution is 2.25. The van der Waals surface area contributed by atoms with E-state index in [1.807, 2.05) is 0 Å². The first-order valence-electron chi connectivity index (χ1n) is 7.14. The fourth-order valence-electron chi connectivity index (χ4n) is 2.04. The van der Waals surface area contributed by atoms with Crippen molar-refractivity contribution in [2.45, 2.75) is 24.8 Å². The largest absolute Gasteiger partial charge is 0.324 e. The minimum atomic E-state index is -4.02. The van der Waals surface area contributed by atoms with Gasteiger partial charge in [0.25, 0.3) is 0 Å². The summed E-state index contributed by atoms with van der Waals surface area (Å²) in [4.78, 5) is 12.1. The number of carbonyl (C=O) groups excluding carboxylic acids is 1. The summed E-state index contributed by atoms with van der Waals surface area (Å²) in [5, 5.41) is 3.43. The SMILES string of the molecule is Cc1cc(Cl)ccc1NC(=O)[C@H](C)NS(=O)(=O)c1cc(Cl)ccc1Cl. The van der Waals surface area contributed by atoms with Crippen molar-refractivity contribution >= 4 is 56.4 Å². The van der Waals surface area contributed by atoms with Gasteiger partial charge in [0.1, 0.15) is 4.90 Å². The monoisotopic (exact) mass is 420 g/mol. The number of rotatable bonds is 5. The Bertz CT molecular complexity index is 917. The molecule has 0 unspecified atom stereocenters. The molecule has 0 bridgehead atoms. The van der Waals surface area contributed by atoms with E-state index in [-0.39, 0.29) is 14.9 Å². The van der Waals surface area contributed by atoms with Gasteiger partial charge in [-0.25, -0.2) is 8.42 Å². The number of carbonyl (C=O) groups is 1. The van der Waals surface area contributed by atoms with E-state index < -0.39 is 22.0 Å². The summed E-state index contributed by atoms with van der Waals surface area (Å²) in [6.07, 6.45) is 0. The number of hydrogen-bond donors (Lipinski definition) is 2. The average Bonchev–Trinajstić information content (AvgIpc) is 2.51. The Hall–Kier alpha value is -1.31. The maximum Gasteiger partial charge on any atom is 0.242 e. The predicted molar refractivity (Wildman–Crippen MR) is 101 cm³/mol. The summed E-state index contributed by atoms with van der Waals surface area (Å²) >= 11 is 17.6. The van der Waals surface area contributed by atoms with E-state index in [2.05, 4.69) is 10.0 Å². The summed E-state index contributed by atoms with van der Waals surface area (Å²) in [6.45, 7) is 3.21. The molecule has 2 aromatic carbocycles. The number of sulfonamides is 1. The normalized spacial score (nSPS) is 12.7. The number of hydrogen-bond acceptors (Lipinski definition) is 3. The molecule has 25 heavy (non-hydrogen) atoms. The molecule has 1 amide bonds. The van der Waals surface area contributed by atoms with E-state index in [1.54, 1.807) is 25.1 Å². The Labute approximate surface area is 161 Å². The molecule has 1 atom stereocenters. The number of anilines is 1. The summed E-state index contributed by atoms with van der Waals surface area (Å²) in [7, 11) is -4.02. The molecular weight excluding hydrogens is 407 g/mol. The zero-order valence-electron chi connectivity index (χ0n) is 13.3. The Morgan fingerprint density at radius 1 is 1.04 bits per heavy atom. The lowest BCUT2D eigenvalue weighted by Gasteiger charge is -2.16. The molecule has 0 fully saturated rings. The zero-order valence-corrected chi connectivity index (χ0v) is 16.4. The number of halogens is 3. The molecule has 2 aromatic rings. The second-order valence-corrected chi connectivity index (χ2v) is 8.33. The molecule has 0 saturated carbocycles. The smallest absolute Gasteiger partial charge is 0.242 e. The number of amides is 1. The van der Waals surface area contributed by atoms with Crippen LogP contribution in [0.5, 0.6) is 0 Å². The van der Waals surface area contributed by atoms with E-state index >= 15 is 0 Å². The van der Waals surface area contributed by atoms with Crippen molar-refractivity contribution in [2.24, 2.45) is 0 Å². The van der Waals surface area contributed by atoms with Crippen LogP contribution < -0.4 is 10.0 Å². The van der Waals surface area contributed by atoms with E-state index in [9.17, 15) is 13.2 Å². The van der Waals surface area contributed by atoms with Crippen LogP contribution in [0.25, 0.3) is 0 Å². The summed E-state index contributed by atoms with van der Waals surface area (Å²) < 4.78 is 27.1. The third-order valence-electron chi connectivity index (χ3n) is 3.35. The maximum atomic E-state index is 12.4. The van der Waals surface area contributed by atoms with Gasteiger partial charge in [-0.05, 0) is 55.8 Å². The van der Waals surface area contributed by atoms with Gasteiger partial charge >= 0.3 is 0 Å². The minimum absolute atomic E-state index is 0.0121. The van der Waals surface area contributed by atoms with Gasteiger partial charge < -0.3 is 5.32 Å². The standard InChI is InChI=1S/C16H15Cl3N2O3S/c1-9-7-11(17)4-6-14(9)20-16(22)10(2)21-25(23,24)15-8-12(18)3-5-13(15)19/h3-8,10,21H,1-2H3,(H,20,22)/t10-/m0/s1. The third-order valence-corrected chi connectivity index (χ3v) is 5.85. The van der Waals surface area contributed by atoms with Crippen LogP contribution in [-0.2, 0) is 14.8 Å². The van der Waals surface area contributed by atoms with Gasteiger partial charge in [0.2, 0.25) is 15.9 Å². The van der Waals surface area contributed by atoms with Crippen molar-refractivity contribution in [2.75, 3.05) is 5.32 Å². The molecule has 2 rings (SSSR count). The predicted octanol–water partition coefficient (Wildman–Crippen LogP) is 4.26. The second kappa shape index (κ2) is 7.93. The fourth-order valence-corrected chi connectivity index (χ4v) is 4.23. The summed E-state index contributed by atoms with van der Waals surface area (Å²) in [5.74, 6) is -0.521. The van der Waals surface area contributed by atoms with Crippen LogP contribution in [-0.4, -0.2) is 20.4 Å². The van der Waals surface area contributed by atoms with Crippen LogP contribution in [0.1, 0.15) is 12.5 Å². The lowest BCUT2D eigenvalue weighted by molar-refractivity contribution is -0.117. The van der Waals surface area contributed by atoms with Crippen LogP contribution in [0, 0.1) is 6.92 Å². The van der Waals surface area contributed by atoms with Crippen LogP contribution in [0.15, 0.2) is 41.3 Å². The van der Waals surface area contributed by atoms with Crippen molar-refractivity contribution in [3.8, 4) is 0 Å². The van der Waals surface area contributed by atoms with E-state index in [0.717, 1.165) is 5.56 Å². The highest BCUT2D eigenvalue weighted by Gasteiger charge is 2.24. The van der Waals surface area contributed by atoms with Gasteiger partial charge in [0.15, 0.2) is 0 Å². The Morgan fingerprint density at radius 3 is 2.28 bits per heavy atom. The van der Waals surface area contributed by atoms with E-state index in [0.29, 0.717) is 10.7 Å². The summed E-state index contributed by atoms with van der Waals surface area (Å²) in [6, 6.07) is 8.01. The van der Waals surface area contributed by atoms with Gasteiger partial charge in [-0.1, -0.05) is 34.8 Å². The first-order valence-corrected chi connectivity index (χ1v) is 9.76. The van der Waals surface area contributed by atoms with Gasteiger partial charge in [0.05, 0.1) is 11.1 Å². The first kappa shape index (κ1) is 20.0. The van der Waals surface area contributed by atoms with Crippen molar-refractivity contribution in [1.29, 1.82) is 0 Å². The van der Waals surface area contributed by atoms with E-state index in [1.165, 1.54) is 25.1 Å².